The van der Waals surface area contributed by atoms with E-state index in [4.69, 9.17) is 16.3 Å². The van der Waals surface area contributed by atoms with Crippen LogP contribution in [0, 0.1) is 0 Å². The molecule has 0 bridgehead atoms. The predicted octanol–water partition coefficient (Wildman–Crippen LogP) is 3.88. The number of sulfone groups is 1. The number of hydrogen-bond donors (Lipinski definition) is 1. The zero-order valence-corrected chi connectivity index (χ0v) is 20.9. The molecule has 8 nitrogen and oxygen atoms in total. The van der Waals surface area contributed by atoms with Crippen LogP contribution >= 0.6 is 23.4 Å². The fourth-order valence-electron chi connectivity index (χ4n) is 3.47. The number of hydrogen-bond acceptors (Lipinski definition) is 6. The van der Waals surface area contributed by atoms with Gasteiger partial charge < -0.3 is 15.0 Å². The van der Waals surface area contributed by atoms with Gasteiger partial charge in [0, 0.05) is 18.2 Å². The van der Waals surface area contributed by atoms with Crippen molar-refractivity contribution in [3.05, 3.63) is 28.8 Å². The molecule has 0 unspecified atom stereocenters. The minimum Gasteiger partial charge on any atom is -0.444 e. The number of alkyl halides is 3. The van der Waals surface area contributed by atoms with E-state index in [0.29, 0.717) is 0 Å². The minimum absolute atomic E-state index is 0.0368. The molecule has 2 heterocycles. The van der Waals surface area contributed by atoms with Crippen LogP contribution < -0.4 is 10.2 Å². The zero-order chi connectivity index (χ0) is 25.5. The van der Waals surface area contributed by atoms with E-state index in [2.05, 4.69) is 10.3 Å². The van der Waals surface area contributed by atoms with Gasteiger partial charge >= 0.3 is 12.3 Å². The van der Waals surface area contributed by atoms with Crippen molar-refractivity contribution in [1.29, 1.82) is 0 Å². The highest BCUT2D eigenvalue weighted by molar-refractivity contribution is 8.16. The second-order valence-electron chi connectivity index (χ2n) is 8.80. The Morgan fingerprint density at radius 2 is 1.94 bits per heavy atom. The molecule has 0 aromatic heterocycles. The van der Waals surface area contributed by atoms with Crippen LogP contribution in [0.4, 0.5) is 23.7 Å². The number of benzene rings is 1. The summed E-state index contributed by atoms with van der Waals surface area (Å²) < 4.78 is 69.3. The lowest BCUT2D eigenvalue weighted by Gasteiger charge is -2.26. The summed E-state index contributed by atoms with van der Waals surface area (Å²) in [5.74, 6) is -1.14. The third-order valence-electron chi connectivity index (χ3n) is 4.83. The number of ether oxygens (including phenoxy) is 1. The lowest BCUT2D eigenvalue weighted by molar-refractivity contribution is -0.137. The van der Waals surface area contributed by atoms with E-state index in [-0.39, 0.29) is 40.3 Å². The first-order chi connectivity index (χ1) is 15.6. The van der Waals surface area contributed by atoms with Gasteiger partial charge in [0.1, 0.15) is 5.60 Å². The van der Waals surface area contributed by atoms with Gasteiger partial charge in [-0.15, -0.1) is 0 Å². The maximum atomic E-state index is 13.3. The Labute approximate surface area is 204 Å². The number of nitrogens with one attached hydrogen (secondary N) is 1. The standard InChI is InChI=1S/C20H23ClF3N3O5S2/c1-19(2,3)32-18(29)25-7-6-16(28)26-17-27(14-9-34(30,31)10-15(14)33-17)13-8-11(20(22,23)24)4-5-12(13)21/h4-5,8,14-15H,6-7,9-10H2,1-3H3,(H,25,29)/t14-,15-/m1/s1. The van der Waals surface area contributed by atoms with E-state index in [9.17, 15) is 31.2 Å². The van der Waals surface area contributed by atoms with Crippen molar-refractivity contribution in [3.63, 3.8) is 0 Å². The average molecular weight is 542 g/mol. The quantitative estimate of drug-likeness (QED) is 0.617. The van der Waals surface area contributed by atoms with E-state index < -0.39 is 50.5 Å². The van der Waals surface area contributed by atoms with Crippen LogP contribution in [-0.4, -0.2) is 60.5 Å². The lowest BCUT2D eigenvalue weighted by Crippen LogP contribution is -2.38. The van der Waals surface area contributed by atoms with Crippen LogP contribution in [0.1, 0.15) is 32.8 Å². The maximum absolute atomic E-state index is 13.3. The van der Waals surface area contributed by atoms with Crippen molar-refractivity contribution >= 4 is 56.1 Å². The first kappa shape index (κ1) is 26.6. The number of anilines is 1. The third kappa shape index (κ3) is 6.57. The summed E-state index contributed by atoms with van der Waals surface area (Å²) in [5, 5.41) is 1.94. The molecule has 2 aliphatic heterocycles. The highest BCUT2D eigenvalue weighted by Crippen LogP contribution is 2.44. The van der Waals surface area contributed by atoms with E-state index in [0.717, 1.165) is 30.0 Å². The summed E-state index contributed by atoms with van der Waals surface area (Å²) in [6, 6.07) is 2.00. The molecule has 2 atom stereocenters. The number of nitrogens with zero attached hydrogens (tertiary/aromatic N) is 2. The molecule has 3 rings (SSSR count). The number of rotatable bonds is 4. The van der Waals surface area contributed by atoms with Gasteiger partial charge in [0.15, 0.2) is 15.0 Å². The smallest absolute Gasteiger partial charge is 0.416 e. The molecule has 2 amide bonds. The fourth-order valence-corrected chi connectivity index (χ4v) is 7.60. The SMILES string of the molecule is CC(C)(C)OC(=O)NCCC(=O)N=C1S[C@@H]2CS(=O)(=O)C[C@H]2N1c1cc(C(F)(F)F)ccc1Cl. The Hall–Kier alpha value is -1.99. The van der Waals surface area contributed by atoms with Crippen molar-refractivity contribution in [2.45, 2.75) is 50.3 Å². The number of alkyl carbamates (subject to hydrolysis) is 1. The van der Waals surface area contributed by atoms with Gasteiger partial charge in [-0.05, 0) is 39.0 Å². The van der Waals surface area contributed by atoms with Gasteiger partial charge in [-0.25, -0.2) is 13.2 Å². The van der Waals surface area contributed by atoms with Crippen LogP contribution in [0.3, 0.4) is 0 Å². The highest BCUT2D eigenvalue weighted by Gasteiger charge is 2.50. The number of amidine groups is 1. The Bertz CT molecular complexity index is 1120. The molecule has 0 spiro atoms. The second kappa shape index (κ2) is 9.57. The number of thioether (sulfide) groups is 1. The number of halogens is 4. The number of amides is 2. The molecule has 188 valence electrons. The van der Waals surface area contributed by atoms with Crippen LogP contribution in [0.15, 0.2) is 23.2 Å². The number of carbonyl (C=O) groups is 2. The Morgan fingerprint density at radius 1 is 1.26 bits per heavy atom. The number of carbonyl (C=O) groups excluding carboxylic acids is 2. The second-order valence-corrected chi connectivity index (χ2v) is 12.6. The van der Waals surface area contributed by atoms with Gasteiger partial charge in [-0.3, -0.25) is 4.79 Å². The summed E-state index contributed by atoms with van der Waals surface area (Å²) in [5.41, 5.74) is -1.75. The van der Waals surface area contributed by atoms with Crippen LogP contribution in [0.5, 0.6) is 0 Å². The predicted molar refractivity (Wildman–Crippen MR) is 124 cm³/mol. The maximum Gasteiger partial charge on any atom is 0.416 e. The Balaban J connectivity index is 1.83. The molecule has 0 saturated carbocycles. The summed E-state index contributed by atoms with van der Waals surface area (Å²) in [4.78, 5) is 29.5. The first-order valence-electron chi connectivity index (χ1n) is 10.2. The zero-order valence-electron chi connectivity index (χ0n) is 18.5. The minimum atomic E-state index is -4.65. The van der Waals surface area contributed by atoms with Gasteiger partial charge in [0.25, 0.3) is 0 Å². The molecule has 2 aliphatic rings. The van der Waals surface area contributed by atoms with Crippen LogP contribution in [0.25, 0.3) is 0 Å². The van der Waals surface area contributed by atoms with E-state index in [1.54, 1.807) is 20.8 Å². The molecule has 14 heteroatoms. The van der Waals surface area contributed by atoms with E-state index >= 15 is 0 Å². The Morgan fingerprint density at radius 3 is 2.56 bits per heavy atom. The van der Waals surface area contributed by atoms with Gasteiger partial charge in [-0.1, -0.05) is 23.4 Å². The molecule has 0 aliphatic carbocycles. The van der Waals surface area contributed by atoms with Gasteiger partial charge in [0.05, 0.1) is 33.8 Å². The van der Waals surface area contributed by atoms with Crippen LogP contribution in [-0.2, 0) is 25.5 Å². The summed E-state index contributed by atoms with van der Waals surface area (Å²) >= 11 is 7.20. The summed E-state index contributed by atoms with van der Waals surface area (Å²) in [6.45, 7) is 4.99. The topological polar surface area (TPSA) is 105 Å². The Kier molecular flexibility index (Phi) is 7.49. The molecule has 1 aromatic rings. The average Bonchev–Trinajstić information content (AvgIpc) is 3.10. The highest BCUT2D eigenvalue weighted by atomic mass is 35.5. The lowest BCUT2D eigenvalue weighted by atomic mass is 10.1. The van der Waals surface area contributed by atoms with Gasteiger partial charge in [-0.2, -0.15) is 18.2 Å². The van der Waals surface area contributed by atoms with Crippen molar-refractivity contribution in [1.82, 2.24) is 5.32 Å². The molecular weight excluding hydrogens is 519 g/mol. The van der Waals surface area contributed by atoms with Crippen molar-refractivity contribution in [3.8, 4) is 0 Å². The molecule has 2 fully saturated rings. The fraction of sp³-hybridized carbons (Fsp3) is 0.550. The molecule has 2 saturated heterocycles. The van der Waals surface area contributed by atoms with Gasteiger partial charge in [0.2, 0.25) is 5.91 Å². The molecule has 1 N–H and O–H groups in total. The van der Waals surface area contributed by atoms with E-state index in [1.165, 1.54) is 4.90 Å². The van der Waals surface area contributed by atoms with E-state index in [1.807, 2.05) is 0 Å². The largest absolute Gasteiger partial charge is 0.444 e. The van der Waals surface area contributed by atoms with Crippen molar-refractivity contribution in [2.24, 2.45) is 4.99 Å². The molecular formula is C20H23ClF3N3O5S2. The monoisotopic (exact) mass is 541 g/mol. The number of aliphatic imine (C=N–C) groups is 1. The normalized spacial score (nSPS) is 23.1. The summed E-state index contributed by atoms with van der Waals surface area (Å²) in [7, 11) is -3.42. The molecule has 0 radical (unpaired) electrons. The molecule has 1 aromatic carbocycles. The molecule has 34 heavy (non-hydrogen) atoms. The summed E-state index contributed by atoms with van der Waals surface area (Å²) in [6.07, 6.45) is -5.55. The van der Waals surface area contributed by atoms with Crippen molar-refractivity contribution < 1.29 is 35.9 Å². The third-order valence-corrected chi connectivity index (χ3v) is 8.36. The number of fused-ring (bicyclic) bond motifs is 1. The van der Waals surface area contributed by atoms with Crippen molar-refractivity contribution in [2.75, 3.05) is 23.0 Å². The van der Waals surface area contributed by atoms with Crippen LogP contribution in [0.2, 0.25) is 5.02 Å². The first-order valence-corrected chi connectivity index (χ1v) is 13.2.